The van der Waals surface area contributed by atoms with Crippen molar-refractivity contribution in [1.29, 1.82) is 0 Å². The molecule has 0 unspecified atom stereocenters. The quantitative estimate of drug-likeness (QED) is 0.757. The number of amides is 2. The molecule has 0 fully saturated rings. The van der Waals surface area contributed by atoms with Crippen molar-refractivity contribution in [2.24, 2.45) is 0 Å². The van der Waals surface area contributed by atoms with Gasteiger partial charge in [0.05, 0.1) is 5.75 Å². The van der Waals surface area contributed by atoms with Crippen molar-refractivity contribution >= 4 is 27.4 Å². The highest BCUT2D eigenvalue weighted by molar-refractivity contribution is 7.92. The molecule has 2 amide bonds. The number of rotatable bonds is 4. The lowest BCUT2D eigenvalue weighted by Crippen LogP contribution is -2.24. The van der Waals surface area contributed by atoms with Crippen LogP contribution in [0.1, 0.15) is 6.92 Å². The van der Waals surface area contributed by atoms with Gasteiger partial charge in [0.25, 0.3) is 0 Å². The van der Waals surface area contributed by atoms with Gasteiger partial charge in [-0.05, 0) is 31.2 Å². The van der Waals surface area contributed by atoms with Gasteiger partial charge in [-0.3, -0.25) is 4.72 Å². The zero-order valence-corrected chi connectivity index (χ0v) is 10.5. The average Bonchev–Trinajstić information content (AvgIpc) is 2.31. The minimum absolute atomic E-state index is 0.0191. The summed E-state index contributed by atoms with van der Waals surface area (Å²) in [6.07, 6.45) is 0. The van der Waals surface area contributed by atoms with Gasteiger partial charge < -0.3 is 10.6 Å². The van der Waals surface area contributed by atoms with Crippen molar-refractivity contribution in [2.45, 2.75) is 6.92 Å². The zero-order valence-electron chi connectivity index (χ0n) is 9.65. The Morgan fingerprint density at radius 1 is 1.18 bits per heavy atom. The summed E-state index contributed by atoms with van der Waals surface area (Å²) < 4.78 is 25.0. The molecular formula is C10H15N3O3S. The van der Waals surface area contributed by atoms with Crippen molar-refractivity contribution < 1.29 is 13.2 Å². The number of anilines is 2. The van der Waals surface area contributed by atoms with E-state index in [0.29, 0.717) is 11.4 Å². The number of hydrogen-bond acceptors (Lipinski definition) is 3. The third-order valence-corrected chi connectivity index (χ3v) is 3.33. The van der Waals surface area contributed by atoms with Gasteiger partial charge >= 0.3 is 6.03 Å². The molecule has 17 heavy (non-hydrogen) atoms. The molecule has 6 nitrogen and oxygen atoms in total. The van der Waals surface area contributed by atoms with Gasteiger partial charge in [0, 0.05) is 18.4 Å². The zero-order chi connectivity index (χ0) is 12.9. The fraction of sp³-hybridized carbons (Fsp3) is 0.300. The summed E-state index contributed by atoms with van der Waals surface area (Å²) in [5, 5.41) is 4.98. The van der Waals surface area contributed by atoms with Crippen LogP contribution >= 0.6 is 0 Å². The van der Waals surface area contributed by atoms with Crippen molar-refractivity contribution in [1.82, 2.24) is 5.32 Å². The smallest absolute Gasteiger partial charge is 0.318 e. The Morgan fingerprint density at radius 3 is 2.18 bits per heavy atom. The number of benzene rings is 1. The Kier molecular flexibility index (Phi) is 4.33. The molecule has 94 valence electrons. The molecule has 0 aliphatic carbocycles. The summed E-state index contributed by atoms with van der Waals surface area (Å²) in [5.74, 6) is 0.0191. The second kappa shape index (κ2) is 5.53. The summed E-state index contributed by atoms with van der Waals surface area (Å²) in [6.45, 7) is 1.56. The maximum atomic E-state index is 11.3. The van der Waals surface area contributed by atoms with E-state index in [1.807, 2.05) is 0 Å². The Hall–Kier alpha value is -1.76. The molecule has 1 aromatic rings. The number of carbonyl (C=O) groups excluding carboxylic acids is 1. The maximum Gasteiger partial charge on any atom is 0.318 e. The SMILES string of the molecule is CCS(=O)(=O)Nc1ccc(NC(=O)NC)cc1. The van der Waals surface area contributed by atoms with Gasteiger partial charge in [-0.2, -0.15) is 0 Å². The highest BCUT2D eigenvalue weighted by Gasteiger charge is 2.06. The first-order valence-electron chi connectivity index (χ1n) is 5.06. The molecule has 1 aromatic carbocycles. The number of sulfonamides is 1. The minimum atomic E-state index is -3.26. The highest BCUT2D eigenvalue weighted by Crippen LogP contribution is 2.14. The van der Waals surface area contributed by atoms with Gasteiger partial charge in [-0.1, -0.05) is 0 Å². The third kappa shape index (κ3) is 4.31. The molecule has 0 heterocycles. The summed E-state index contributed by atoms with van der Waals surface area (Å²) in [6, 6.07) is 6.06. The fourth-order valence-corrected chi connectivity index (χ4v) is 1.71. The van der Waals surface area contributed by atoms with Gasteiger partial charge in [0.15, 0.2) is 0 Å². The van der Waals surface area contributed by atoms with Crippen LogP contribution in [0, 0.1) is 0 Å². The molecule has 0 aromatic heterocycles. The van der Waals surface area contributed by atoms with E-state index < -0.39 is 10.0 Å². The standard InChI is InChI=1S/C10H15N3O3S/c1-3-17(15,16)13-9-6-4-8(5-7-9)12-10(14)11-2/h4-7,13H,3H2,1-2H3,(H2,11,12,14). The number of urea groups is 1. The van der Waals surface area contributed by atoms with Crippen LogP contribution in [0.3, 0.4) is 0 Å². The normalized spacial score (nSPS) is 10.7. The minimum Gasteiger partial charge on any atom is -0.341 e. The average molecular weight is 257 g/mol. The molecule has 0 spiro atoms. The molecule has 3 N–H and O–H groups in total. The molecular weight excluding hydrogens is 242 g/mol. The predicted molar refractivity (Wildman–Crippen MR) is 67.6 cm³/mol. The van der Waals surface area contributed by atoms with E-state index in [9.17, 15) is 13.2 Å². The van der Waals surface area contributed by atoms with E-state index in [1.54, 1.807) is 31.2 Å². The molecule has 1 rings (SSSR count). The molecule has 0 atom stereocenters. The lowest BCUT2D eigenvalue weighted by Gasteiger charge is -2.07. The highest BCUT2D eigenvalue weighted by atomic mass is 32.2. The first-order chi connectivity index (χ1) is 7.96. The molecule has 0 saturated heterocycles. The van der Waals surface area contributed by atoms with Crippen LogP contribution < -0.4 is 15.4 Å². The summed E-state index contributed by atoms with van der Waals surface area (Å²) in [5.41, 5.74) is 1.05. The molecule has 0 radical (unpaired) electrons. The van der Waals surface area contributed by atoms with E-state index in [1.165, 1.54) is 7.05 Å². The first-order valence-corrected chi connectivity index (χ1v) is 6.71. The van der Waals surface area contributed by atoms with E-state index in [4.69, 9.17) is 0 Å². The molecule has 0 saturated carbocycles. The maximum absolute atomic E-state index is 11.3. The predicted octanol–water partition coefficient (Wildman–Crippen LogP) is 1.20. The Morgan fingerprint density at radius 2 is 1.71 bits per heavy atom. The van der Waals surface area contributed by atoms with Gasteiger partial charge in [-0.15, -0.1) is 0 Å². The largest absolute Gasteiger partial charge is 0.341 e. The van der Waals surface area contributed by atoms with Crippen LogP contribution in [-0.4, -0.2) is 27.2 Å². The molecule has 7 heteroatoms. The Labute approximate surface area is 100 Å². The second-order valence-electron chi connectivity index (χ2n) is 3.29. The van der Waals surface area contributed by atoms with Crippen molar-refractivity contribution in [3.63, 3.8) is 0 Å². The lowest BCUT2D eigenvalue weighted by molar-refractivity contribution is 0.254. The summed E-state index contributed by atoms with van der Waals surface area (Å²) in [4.78, 5) is 11.0. The van der Waals surface area contributed by atoms with Crippen LogP contribution in [0.15, 0.2) is 24.3 Å². The summed E-state index contributed by atoms with van der Waals surface area (Å²) >= 11 is 0. The Bertz CT molecular complexity index is 482. The van der Waals surface area contributed by atoms with E-state index in [-0.39, 0.29) is 11.8 Å². The van der Waals surface area contributed by atoms with Gasteiger partial charge in [0.2, 0.25) is 10.0 Å². The molecule has 0 aliphatic heterocycles. The van der Waals surface area contributed by atoms with E-state index in [2.05, 4.69) is 15.4 Å². The van der Waals surface area contributed by atoms with Crippen LogP contribution in [0.25, 0.3) is 0 Å². The van der Waals surface area contributed by atoms with Crippen LogP contribution in [0.5, 0.6) is 0 Å². The van der Waals surface area contributed by atoms with Crippen LogP contribution in [-0.2, 0) is 10.0 Å². The first kappa shape index (κ1) is 13.3. The van der Waals surface area contributed by atoms with Crippen LogP contribution in [0.4, 0.5) is 16.2 Å². The number of hydrogen-bond donors (Lipinski definition) is 3. The van der Waals surface area contributed by atoms with Crippen molar-refractivity contribution in [3.8, 4) is 0 Å². The number of nitrogens with one attached hydrogen (secondary N) is 3. The lowest BCUT2D eigenvalue weighted by atomic mass is 10.3. The van der Waals surface area contributed by atoms with Gasteiger partial charge in [-0.25, -0.2) is 13.2 Å². The molecule has 0 bridgehead atoms. The number of carbonyl (C=O) groups is 1. The second-order valence-corrected chi connectivity index (χ2v) is 5.30. The van der Waals surface area contributed by atoms with Crippen LogP contribution in [0.2, 0.25) is 0 Å². The topological polar surface area (TPSA) is 87.3 Å². The monoisotopic (exact) mass is 257 g/mol. The third-order valence-electron chi connectivity index (χ3n) is 2.02. The van der Waals surface area contributed by atoms with Crippen molar-refractivity contribution in [3.05, 3.63) is 24.3 Å². The fourth-order valence-electron chi connectivity index (χ4n) is 1.07. The van der Waals surface area contributed by atoms with Crippen molar-refractivity contribution in [2.75, 3.05) is 22.8 Å². The molecule has 0 aliphatic rings. The summed E-state index contributed by atoms with van der Waals surface area (Å²) in [7, 11) is -1.75. The Balaban J connectivity index is 2.72. The van der Waals surface area contributed by atoms with Gasteiger partial charge in [0.1, 0.15) is 0 Å². The van der Waals surface area contributed by atoms with E-state index in [0.717, 1.165) is 0 Å². The van der Waals surface area contributed by atoms with E-state index >= 15 is 0 Å².